The van der Waals surface area contributed by atoms with Crippen molar-refractivity contribution in [3.63, 3.8) is 0 Å². The summed E-state index contributed by atoms with van der Waals surface area (Å²) in [5.41, 5.74) is 1.64. The summed E-state index contributed by atoms with van der Waals surface area (Å²) in [5, 5.41) is 2.58. The molecule has 0 atom stereocenters. The molecular formula is C16H14FNO3. The van der Waals surface area contributed by atoms with Gasteiger partial charge in [-0.1, -0.05) is 12.1 Å². The lowest BCUT2D eigenvalue weighted by molar-refractivity contribution is -0.118. The third-order valence-corrected chi connectivity index (χ3v) is 2.84. The second kappa shape index (κ2) is 6.65. The van der Waals surface area contributed by atoms with Gasteiger partial charge in [0.05, 0.1) is 5.56 Å². The number of aryl methyl sites for hydroxylation is 1. The van der Waals surface area contributed by atoms with Crippen LogP contribution < -0.4 is 10.1 Å². The number of ether oxygens (including phenoxy) is 1. The van der Waals surface area contributed by atoms with Gasteiger partial charge < -0.3 is 10.1 Å². The molecule has 0 aliphatic carbocycles. The molecule has 0 spiro atoms. The average Bonchev–Trinajstić information content (AvgIpc) is 2.48. The molecule has 2 rings (SSSR count). The maximum absolute atomic E-state index is 12.8. The minimum Gasteiger partial charge on any atom is -0.483 e. The molecule has 1 N–H and O–H groups in total. The molecule has 0 saturated carbocycles. The van der Waals surface area contributed by atoms with Crippen molar-refractivity contribution in [1.82, 2.24) is 0 Å². The summed E-state index contributed by atoms with van der Waals surface area (Å²) < 4.78 is 18.2. The molecule has 2 aromatic rings. The Kier molecular flexibility index (Phi) is 4.66. The SMILES string of the molecule is Cc1cccc(C=O)c1OCC(=O)Nc1ccc(F)cc1. The number of nitrogens with one attached hydrogen (secondary N) is 1. The highest BCUT2D eigenvalue weighted by Gasteiger charge is 2.09. The van der Waals surface area contributed by atoms with E-state index in [1.165, 1.54) is 24.3 Å². The molecule has 4 nitrogen and oxygen atoms in total. The molecule has 0 aliphatic rings. The molecule has 108 valence electrons. The minimum atomic E-state index is -0.387. The molecule has 0 radical (unpaired) electrons. The van der Waals surface area contributed by atoms with Gasteiger partial charge in [-0.25, -0.2) is 4.39 Å². The van der Waals surface area contributed by atoms with Gasteiger partial charge in [-0.05, 0) is 42.8 Å². The van der Waals surface area contributed by atoms with Gasteiger partial charge >= 0.3 is 0 Å². The Morgan fingerprint density at radius 3 is 2.62 bits per heavy atom. The predicted molar refractivity (Wildman–Crippen MR) is 77.1 cm³/mol. The smallest absolute Gasteiger partial charge is 0.262 e. The summed E-state index contributed by atoms with van der Waals surface area (Å²) in [6, 6.07) is 10.6. The Morgan fingerprint density at radius 2 is 1.95 bits per heavy atom. The Balaban J connectivity index is 1.98. The standard InChI is InChI=1S/C16H14FNO3/c1-11-3-2-4-12(9-19)16(11)21-10-15(20)18-14-7-5-13(17)6-8-14/h2-9H,10H2,1H3,(H,18,20). The second-order valence-corrected chi connectivity index (χ2v) is 4.45. The molecular weight excluding hydrogens is 273 g/mol. The summed E-state index contributed by atoms with van der Waals surface area (Å²) in [7, 11) is 0. The van der Waals surface area contributed by atoms with Gasteiger partial charge in [0, 0.05) is 5.69 Å². The second-order valence-electron chi connectivity index (χ2n) is 4.45. The molecule has 0 heterocycles. The third-order valence-electron chi connectivity index (χ3n) is 2.84. The first-order chi connectivity index (χ1) is 10.1. The number of hydrogen-bond donors (Lipinski definition) is 1. The highest BCUT2D eigenvalue weighted by molar-refractivity contribution is 5.92. The lowest BCUT2D eigenvalue weighted by Crippen LogP contribution is -2.20. The molecule has 1 amide bonds. The van der Waals surface area contributed by atoms with Crippen molar-refractivity contribution in [3.05, 3.63) is 59.4 Å². The molecule has 0 fully saturated rings. The van der Waals surface area contributed by atoms with Crippen LogP contribution in [0.15, 0.2) is 42.5 Å². The van der Waals surface area contributed by atoms with Crippen molar-refractivity contribution in [1.29, 1.82) is 0 Å². The summed E-state index contributed by atoms with van der Waals surface area (Å²) >= 11 is 0. The highest BCUT2D eigenvalue weighted by Crippen LogP contribution is 2.21. The molecule has 21 heavy (non-hydrogen) atoms. The number of amides is 1. The molecule has 0 unspecified atom stereocenters. The fourth-order valence-electron chi connectivity index (χ4n) is 1.83. The van der Waals surface area contributed by atoms with E-state index < -0.39 is 0 Å². The summed E-state index contributed by atoms with van der Waals surface area (Å²) in [6.45, 7) is 1.56. The first-order valence-corrected chi connectivity index (χ1v) is 6.33. The number of benzene rings is 2. The van der Waals surface area contributed by atoms with Crippen molar-refractivity contribution in [2.24, 2.45) is 0 Å². The topological polar surface area (TPSA) is 55.4 Å². The normalized spacial score (nSPS) is 10.0. The number of carbonyl (C=O) groups excluding carboxylic acids is 2. The number of aldehydes is 1. The quantitative estimate of drug-likeness (QED) is 0.860. The van der Waals surface area contributed by atoms with Crippen LogP contribution in [0.4, 0.5) is 10.1 Å². The van der Waals surface area contributed by atoms with Crippen molar-refractivity contribution in [2.75, 3.05) is 11.9 Å². The lowest BCUT2D eigenvalue weighted by atomic mass is 10.1. The molecule has 0 bridgehead atoms. The van der Waals surface area contributed by atoms with Crippen LogP contribution in [0.3, 0.4) is 0 Å². The Bertz CT molecular complexity index is 653. The largest absolute Gasteiger partial charge is 0.483 e. The van der Waals surface area contributed by atoms with Crippen LogP contribution >= 0.6 is 0 Å². The summed E-state index contributed by atoms with van der Waals surface area (Å²) in [6.07, 6.45) is 0.681. The van der Waals surface area contributed by atoms with Gasteiger partial charge in [-0.2, -0.15) is 0 Å². The van der Waals surface area contributed by atoms with Crippen LogP contribution in [0.1, 0.15) is 15.9 Å². The maximum Gasteiger partial charge on any atom is 0.262 e. The fourth-order valence-corrected chi connectivity index (χ4v) is 1.83. The van der Waals surface area contributed by atoms with E-state index in [1.807, 2.05) is 0 Å². The van der Waals surface area contributed by atoms with Gasteiger partial charge in [-0.15, -0.1) is 0 Å². The highest BCUT2D eigenvalue weighted by atomic mass is 19.1. The lowest BCUT2D eigenvalue weighted by Gasteiger charge is -2.11. The first kappa shape index (κ1) is 14.7. The van der Waals surface area contributed by atoms with Gasteiger partial charge in [0.15, 0.2) is 12.9 Å². The van der Waals surface area contributed by atoms with Crippen molar-refractivity contribution in [2.45, 2.75) is 6.92 Å². The number of rotatable bonds is 5. The number of carbonyl (C=O) groups is 2. The molecule has 5 heteroatoms. The van der Waals surface area contributed by atoms with E-state index in [0.29, 0.717) is 23.3 Å². The molecule has 0 aliphatic heterocycles. The molecule has 0 aromatic heterocycles. The van der Waals surface area contributed by atoms with E-state index in [0.717, 1.165) is 5.56 Å². The zero-order valence-electron chi connectivity index (χ0n) is 11.4. The molecule has 2 aromatic carbocycles. The minimum absolute atomic E-state index is 0.233. The Hall–Kier alpha value is -2.69. The Morgan fingerprint density at radius 1 is 1.24 bits per heavy atom. The fraction of sp³-hybridized carbons (Fsp3) is 0.125. The summed E-state index contributed by atoms with van der Waals surface area (Å²) in [4.78, 5) is 22.7. The zero-order chi connectivity index (χ0) is 15.2. The van der Waals surface area contributed by atoms with Crippen molar-refractivity contribution < 1.29 is 18.7 Å². The number of anilines is 1. The summed E-state index contributed by atoms with van der Waals surface area (Å²) in [5.74, 6) is -0.372. The monoisotopic (exact) mass is 287 g/mol. The van der Waals surface area contributed by atoms with E-state index >= 15 is 0 Å². The number of para-hydroxylation sites is 1. The zero-order valence-corrected chi connectivity index (χ0v) is 11.4. The number of halogens is 1. The average molecular weight is 287 g/mol. The van der Waals surface area contributed by atoms with E-state index in [9.17, 15) is 14.0 Å². The van der Waals surface area contributed by atoms with E-state index in [1.54, 1.807) is 25.1 Å². The first-order valence-electron chi connectivity index (χ1n) is 6.33. The van der Waals surface area contributed by atoms with Crippen molar-refractivity contribution >= 4 is 17.9 Å². The molecule has 0 saturated heterocycles. The van der Waals surface area contributed by atoms with Crippen LogP contribution in [0.25, 0.3) is 0 Å². The van der Waals surface area contributed by atoms with Crippen LogP contribution in [0.5, 0.6) is 5.75 Å². The maximum atomic E-state index is 12.8. The van der Waals surface area contributed by atoms with Crippen LogP contribution in [-0.4, -0.2) is 18.8 Å². The van der Waals surface area contributed by atoms with Crippen LogP contribution in [-0.2, 0) is 4.79 Å². The predicted octanol–water partition coefficient (Wildman–Crippen LogP) is 2.96. The number of hydrogen-bond acceptors (Lipinski definition) is 3. The van der Waals surface area contributed by atoms with Gasteiger partial charge in [0.1, 0.15) is 11.6 Å². The van der Waals surface area contributed by atoms with Gasteiger partial charge in [0.25, 0.3) is 5.91 Å². The van der Waals surface area contributed by atoms with E-state index in [-0.39, 0.29) is 18.3 Å². The van der Waals surface area contributed by atoms with Crippen LogP contribution in [0, 0.1) is 12.7 Å². The van der Waals surface area contributed by atoms with E-state index in [2.05, 4.69) is 5.32 Å². The van der Waals surface area contributed by atoms with Gasteiger partial charge in [0.2, 0.25) is 0 Å². The Labute approximate surface area is 121 Å². The van der Waals surface area contributed by atoms with E-state index in [4.69, 9.17) is 4.74 Å². The van der Waals surface area contributed by atoms with Crippen molar-refractivity contribution in [3.8, 4) is 5.75 Å². The van der Waals surface area contributed by atoms with Gasteiger partial charge in [-0.3, -0.25) is 9.59 Å². The van der Waals surface area contributed by atoms with Crippen LogP contribution in [0.2, 0.25) is 0 Å². The third kappa shape index (κ3) is 3.89.